The summed E-state index contributed by atoms with van der Waals surface area (Å²) in [4.78, 5) is 5.90. The van der Waals surface area contributed by atoms with Crippen molar-refractivity contribution in [2.24, 2.45) is 0 Å². The van der Waals surface area contributed by atoms with E-state index in [0.29, 0.717) is 5.92 Å². The highest BCUT2D eigenvalue weighted by Crippen LogP contribution is 2.43. The summed E-state index contributed by atoms with van der Waals surface area (Å²) in [5.74, 6) is 0.535. The van der Waals surface area contributed by atoms with Gasteiger partial charge in [0.25, 0.3) is 0 Å². The molecule has 1 saturated carbocycles. The lowest BCUT2D eigenvalue weighted by atomic mass is 10.0. The lowest BCUT2D eigenvalue weighted by Gasteiger charge is -2.09. The molecule has 0 amide bonds. The molecule has 4 heteroatoms. The highest BCUT2D eigenvalue weighted by atomic mass is 35.5. The second kappa shape index (κ2) is 5.84. The number of hydrogen-bond donors (Lipinski definition) is 1. The molecule has 1 aromatic carbocycles. The van der Waals surface area contributed by atoms with Gasteiger partial charge in [-0.05, 0) is 37.5 Å². The predicted octanol–water partition coefficient (Wildman–Crippen LogP) is 5.17. The summed E-state index contributed by atoms with van der Waals surface area (Å²) in [5, 5.41) is 11.4. The number of halogens is 1. The average molecular weight is 308 g/mol. The Labute approximate surface area is 128 Å². The first kappa shape index (κ1) is 14.1. The number of rotatable bonds is 3. The predicted molar refractivity (Wildman–Crippen MR) is 84.4 cm³/mol. The van der Waals surface area contributed by atoms with Crippen molar-refractivity contribution in [2.75, 3.05) is 0 Å². The molecule has 2 aromatic rings. The van der Waals surface area contributed by atoms with Crippen LogP contribution in [0, 0.1) is 0 Å². The Morgan fingerprint density at radius 1 is 1.35 bits per heavy atom. The third kappa shape index (κ3) is 2.76. The summed E-state index contributed by atoms with van der Waals surface area (Å²) in [6, 6.07) is 7.91. The zero-order valence-corrected chi connectivity index (χ0v) is 13.0. The molecule has 1 fully saturated rings. The number of thiazole rings is 1. The van der Waals surface area contributed by atoms with Crippen molar-refractivity contribution >= 4 is 22.9 Å². The molecule has 1 aromatic heterocycles. The number of aliphatic hydroxyl groups is 1. The summed E-state index contributed by atoms with van der Waals surface area (Å²) in [5.41, 5.74) is 2.27. The van der Waals surface area contributed by atoms with Crippen LogP contribution in [0.25, 0.3) is 10.4 Å². The van der Waals surface area contributed by atoms with Crippen molar-refractivity contribution in [3.05, 3.63) is 40.0 Å². The van der Waals surface area contributed by atoms with Crippen LogP contribution in [0.15, 0.2) is 24.3 Å². The third-order valence-electron chi connectivity index (χ3n) is 3.86. The normalized spacial score (nSPS) is 17.6. The fourth-order valence-electron chi connectivity index (χ4n) is 2.84. The van der Waals surface area contributed by atoms with Gasteiger partial charge in [0.2, 0.25) is 0 Å². The van der Waals surface area contributed by atoms with Crippen LogP contribution >= 0.6 is 22.9 Å². The van der Waals surface area contributed by atoms with Gasteiger partial charge in [0.1, 0.15) is 11.1 Å². The van der Waals surface area contributed by atoms with E-state index in [0.717, 1.165) is 21.3 Å². The topological polar surface area (TPSA) is 33.1 Å². The number of benzene rings is 1. The Kier molecular flexibility index (Phi) is 4.11. The van der Waals surface area contributed by atoms with E-state index in [1.165, 1.54) is 30.6 Å². The number of hydrogen-bond acceptors (Lipinski definition) is 3. The van der Waals surface area contributed by atoms with E-state index in [1.807, 2.05) is 18.2 Å². The molecule has 20 heavy (non-hydrogen) atoms. The highest BCUT2D eigenvalue weighted by molar-refractivity contribution is 7.15. The number of aliphatic hydroxyl groups excluding tert-OH is 1. The Morgan fingerprint density at radius 3 is 2.75 bits per heavy atom. The van der Waals surface area contributed by atoms with Crippen LogP contribution in [-0.2, 0) is 0 Å². The molecule has 0 spiro atoms. The van der Waals surface area contributed by atoms with E-state index in [1.54, 1.807) is 18.3 Å². The fraction of sp³-hybridized carbons (Fsp3) is 0.438. The monoisotopic (exact) mass is 307 g/mol. The number of nitrogens with zero attached hydrogens (tertiary/aromatic N) is 1. The van der Waals surface area contributed by atoms with Crippen molar-refractivity contribution in [1.82, 2.24) is 4.98 Å². The third-order valence-corrected chi connectivity index (χ3v) is 5.38. The minimum atomic E-state index is -0.506. The van der Waals surface area contributed by atoms with Crippen LogP contribution in [-0.4, -0.2) is 10.1 Å². The molecule has 1 aliphatic rings. The maximum Gasteiger partial charge on any atom is 0.122 e. The molecule has 1 N–H and O–H groups in total. The van der Waals surface area contributed by atoms with Crippen LogP contribution in [0.2, 0.25) is 5.02 Å². The van der Waals surface area contributed by atoms with Crippen molar-refractivity contribution in [3.8, 4) is 10.4 Å². The van der Waals surface area contributed by atoms with Crippen LogP contribution in [0.1, 0.15) is 55.3 Å². The van der Waals surface area contributed by atoms with E-state index in [2.05, 4.69) is 6.07 Å². The zero-order chi connectivity index (χ0) is 14.1. The molecule has 0 bridgehead atoms. The molecular weight excluding hydrogens is 290 g/mol. The van der Waals surface area contributed by atoms with Gasteiger partial charge in [0.05, 0.1) is 10.6 Å². The molecule has 1 atom stereocenters. The summed E-state index contributed by atoms with van der Waals surface area (Å²) in [6.07, 6.45) is 4.46. The molecular formula is C16H18ClNOS. The summed E-state index contributed by atoms with van der Waals surface area (Å²) in [6.45, 7) is 1.78. The smallest absolute Gasteiger partial charge is 0.122 e. The van der Waals surface area contributed by atoms with Crippen LogP contribution < -0.4 is 0 Å². The molecule has 0 radical (unpaired) electrons. The molecule has 1 heterocycles. The van der Waals surface area contributed by atoms with Gasteiger partial charge in [-0.2, -0.15) is 0 Å². The van der Waals surface area contributed by atoms with Crippen molar-refractivity contribution in [1.29, 1.82) is 0 Å². The minimum absolute atomic E-state index is 0.506. The van der Waals surface area contributed by atoms with E-state index in [-0.39, 0.29) is 0 Å². The van der Waals surface area contributed by atoms with Gasteiger partial charge in [-0.25, -0.2) is 4.98 Å². The fourth-order valence-corrected chi connectivity index (χ4v) is 4.12. The first-order valence-corrected chi connectivity index (χ1v) is 8.29. The Balaban J connectivity index is 2.07. The Bertz CT molecular complexity index is 602. The van der Waals surface area contributed by atoms with Gasteiger partial charge in [-0.15, -0.1) is 11.3 Å². The van der Waals surface area contributed by atoms with E-state index < -0.39 is 6.10 Å². The molecule has 0 saturated heterocycles. The second-order valence-corrected chi connectivity index (χ2v) is 6.90. The van der Waals surface area contributed by atoms with Gasteiger partial charge in [-0.1, -0.05) is 36.6 Å². The summed E-state index contributed by atoms with van der Waals surface area (Å²) >= 11 is 7.71. The molecule has 3 rings (SSSR count). The molecule has 106 valence electrons. The van der Waals surface area contributed by atoms with Gasteiger partial charge < -0.3 is 5.11 Å². The largest absolute Gasteiger partial charge is 0.386 e. The first-order valence-electron chi connectivity index (χ1n) is 7.10. The van der Waals surface area contributed by atoms with E-state index in [4.69, 9.17) is 16.6 Å². The van der Waals surface area contributed by atoms with Crippen LogP contribution in [0.3, 0.4) is 0 Å². The minimum Gasteiger partial charge on any atom is -0.386 e. The summed E-state index contributed by atoms with van der Waals surface area (Å²) in [7, 11) is 0. The second-order valence-electron chi connectivity index (χ2n) is 5.43. The van der Waals surface area contributed by atoms with Gasteiger partial charge in [0, 0.05) is 10.9 Å². The lowest BCUT2D eigenvalue weighted by Crippen LogP contribution is -1.97. The van der Waals surface area contributed by atoms with Gasteiger partial charge in [0.15, 0.2) is 0 Å². The number of aromatic nitrogens is 1. The van der Waals surface area contributed by atoms with Crippen molar-refractivity contribution in [3.63, 3.8) is 0 Å². The standard InChI is InChI=1S/C16H18ClNOS/c1-10(19)16-18-14(11-5-2-3-6-11)15(20-16)12-7-4-8-13(17)9-12/h4,7-11,19H,2-3,5-6H2,1H3. The molecule has 2 nitrogen and oxygen atoms in total. The van der Waals surface area contributed by atoms with Crippen molar-refractivity contribution in [2.45, 2.75) is 44.6 Å². The van der Waals surface area contributed by atoms with E-state index in [9.17, 15) is 5.11 Å². The average Bonchev–Trinajstić information content (AvgIpc) is 3.07. The SMILES string of the molecule is CC(O)c1nc(C2CCCC2)c(-c2cccc(Cl)c2)s1. The van der Waals surface area contributed by atoms with Crippen LogP contribution in [0.5, 0.6) is 0 Å². The van der Waals surface area contributed by atoms with Gasteiger partial charge >= 0.3 is 0 Å². The van der Waals surface area contributed by atoms with Gasteiger partial charge in [-0.3, -0.25) is 0 Å². The maximum atomic E-state index is 9.83. The summed E-state index contributed by atoms with van der Waals surface area (Å²) < 4.78 is 0. The maximum absolute atomic E-state index is 9.83. The molecule has 1 unspecified atom stereocenters. The molecule has 1 aliphatic carbocycles. The van der Waals surface area contributed by atoms with E-state index >= 15 is 0 Å². The quantitative estimate of drug-likeness (QED) is 0.848. The Morgan fingerprint density at radius 2 is 2.10 bits per heavy atom. The lowest BCUT2D eigenvalue weighted by molar-refractivity contribution is 0.198. The Hall–Kier alpha value is -0.900. The van der Waals surface area contributed by atoms with Crippen LogP contribution in [0.4, 0.5) is 0 Å². The molecule has 0 aliphatic heterocycles. The zero-order valence-electron chi connectivity index (χ0n) is 11.5. The highest BCUT2D eigenvalue weighted by Gasteiger charge is 2.25. The first-order chi connectivity index (χ1) is 9.65. The van der Waals surface area contributed by atoms with Crippen molar-refractivity contribution < 1.29 is 5.11 Å².